The highest BCUT2D eigenvalue weighted by molar-refractivity contribution is 6.30. The van der Waals surface area contributed by atoms with Gasteiger partial charge in [-0.05, 0) is 37.6 Å². The summed E-state index contributed by atoms with van der Waals surface area (Å²) in [5.74, 6) is -0.719. The molecule has 0 amide bonds. The second-order valence-electron chi connectivity index (χ2n) is 5.50. The summed E-state index contributed by atoms with van der Waals surface area (Å²) in [5.41, 5.74) is 0.448. The fourth-order valence-electron chi connectivity index (χ4n) is 2.68. The minimum absolute atomic E-state index is 0.529. The molecule has 4 nitrogen and oxygen atoms in total. The summed E-state index contributed by atoms with van der Waals surface area (Å²) in [4.78, 5) is 13.7. The molecule has 1 saturated heterocycles. The van der Waals surface area contributed by atoms with Crippen LogP contribution < -0.4 is 0 Å². The van der Waals surface area contributed by atoms with Crippen molar-refractivity contribution in [3.8, 4) is 0 Å². The average Bonchev–Trinajstić information content (AvgIpc) is 2.42. The quantitative estimate of drug-likeness (QED) is 0.908. The van der Waals surface area contributed by atoms with Crippen LogP contribution in [-0.4, -0.2) is 42.8 Å². The van der Waals surface area contributed by atoms with E-state index in [1.165, 1.54) is 0 Å². The van der Waals surface area contributed by atoms with Gasteiger partial charge >= 0.3 is 5.97 Å². The first-order chi connectivity index (χ1) is 9.52. The molecule has 1 aromatic rings. The van der Waals surface area contributed by atoms with Gasteiger partial charge in [0.25, 0.3) is 0 Å². The van der Waals surface area contributed by atoms with E-state index in [0.717, 1.165) is 5.56 Å². The Morgan fingerprint density at radius 3 is 2.50 bits per heavy atom. The lowest BCUT2D eigenvalue weighted by Gasteiger charge is -2.36. The van der Waals surface area contributed by atoms with Crippen LogP contribution in [0.3, 0.4) is 0 Å². The molecule has 110 valence electrons. The fourth-order valence-corrected chi connectivity index (χ4v) is 2.80. The van der Waals surface area contributed by atoms with Crippen molar-refractivity contribution in [1.29, 1.82) is 0 Å². The molecule has 5 heteroatoms. The summed E-state index contributed by atoms with van der Waals surface area (Å²) in [7, 11) is 1.95. The van der Waals surface area contributed by atoms with Crippen molar-refractivity contribution < 1.29 is 14.6 Å². The molecular weight excluding hydrogens is 278 g/mol. The molecule has 0 spiro atoms. The molecule has 0 aromatic heterocycles. The molecular formula is C15H20ClNO3. The third-order valence-electron chi connectivity index (χ3n) is 3.84. The van der Waals surface area contributed by atoms with Crippen LogP contribution in [0.25, 0.3) is 0 Å². The molecule has 0 radical (unpaired) electrons. The lowest BCUT2D eigenvalue weighted by atomic mass is 9.80. The molecule has 1 aliphatic heterocycles. The maximum atomic E-state index is 11.6. The number of halogens is 1. The Morgan fingerprint density at radius 1 is 1.35 bits per heavy atom. The number of aliphatic carboxylic acids is 1. The Bertz CT molecular complexity index is 455. The molecule has 0 atom stereocenters. The van der Waals surface area contributed by atoms with Crippen molar-refractivity contribution in [1.82, 2.24) is 4.90 Å². The lowest BCUT2D eigenvalue weighted by molar-refractivity contribution is -0.156. The van der Waals surface area contributed by atoms with Crippen LogP contribution in [0.2, 0.25) is 5.02 Å². The SMILES string of the molecule is CN(Cc1ccc(Cl)cc1)CC1(C(=O)O)CCOCC1. The summed E-state index contributed by atoms with van der Waals surface area (Å²) in [6.07, 6.45) is 1.15. The zero-order valence-corrected chi connectivity index (χ0v) is 12.4. The Hall–Kier alpha value is -1.10. The maximum Gasteiger partial charge on any atom is 0.311 e. The first-order valence-electron chi connectivity index (χ1n) is 6.76. The minimum atomic E-state index is -0.719. The number of hydrogen-bond donors (Lipinski definition) is 1. The largest absolute Gasteiger partial charge is 0.481 e. The Morgan fingerprint density at radius 2 is 1.95 bits per heavy atom. The number of hydrogen-bond acceptors (Lipinski definition) is 3. The second-order valence-corrected chi connectivity index (χ2v) is 5.93. The highest BCUT2D eigenvalue weighted by Crippen LogP contribution is 2.32. The van der Waals surface area contributed by atoms with Gasteiger partial charge in [0.15, 0.2) is 0 Å². The summed E-state index contributed by atoms with van der Waals surface area (Å²) in [6.45, 7) is 2.31. The molecule has 1 heterocycles. The van der Waals surface area contributed by atoms with Crippen LogP contribution >= 0.6 is 11.6 Å². The van der Waals surface area contributed by atoms with E-state index in [-0.39, 0.29) is 0 Å². The van der Waals surface area contributed by atoms with E-state index in [9.17, 15) is 9.90 Å². The van der Waals surface area contributed by atoms with Gasteiger partial charge in [-0.25, -0.2) is 0 Å². The number of nitrogens with zero attached hydrogens (tertiary/aromatic N) is 1. The first-order valence-corrected chi connectivity index (χ1v) is 7.14. The van der Waals surface area contributed by atoms with Gasteiger partial charge in [0.1, 0.15) is 0 Å². The summed E-state index contributed by atoms with van der Waals surface area (Å²) in [5, 5.41) is 10.3. The van der Waals surface area contributed by atoms with Gasteiger partial charge in [-0.2, -0.15) is 0 Å². The predicted molar refractivity (Wildman–Crippen MR) is 77.9 cm³/mol. The van der Waals surface area contributed by atoms with Crippen molar-refractivity contribution in [2.24, 2.45) is 5.41 Å². The van der Waals surface area contributed by atoms with Gasteiger partial charge in [-0.3, -0.25) is 4.79 Å². The minimum Gasteiger partial charge on any atom is -0.481 e. The van der Waals surface area contributed by atoms with Gasteiger partial charge in [-0.15, -0.1) is 0 Å². The highest BCUT2D eigenvalue weighted by Gasteiger charge is 2.40. The maximum absolute atomic E-state index is 11.6. The Labute approximate surface area is 124 Å². The molecule has 1 N–H and O–H groups in total. The van der Waals surface area contributed by atoms with E-state index in [4.69, 9.17) is 16.3 Å². The van der Waals surface area contributed by atoms with E-state index >= 15 is 0 Å². The van der Waals surface area contributed by atoms with Crippen LogP contribution in [-0.2, 0) is 16.1 Å². The second kappa shape index (κ2) is 6.57. The fraction of sp³-hybridized carbons (Fsp3) is 0.533. The third kappa shape index (κ3) is 3.72. The average molecular weight is 298 g/mol. The highest BCUT2D eigenvalue weighted by atomic mass is 35.5. The number of carbonyl (C=O) groups is 1. The van der Waals surface area contributed by atoms with E-state index < -0.39 is 11.4 Å². The van der Waals surface area contributed by atoms with Crippen molar-refractivity contribution >= 4 is 17.6 Å². The lowest BCUT2D eigenvalue weighted by Crippen LogP contribution is -2.45. The van der Waals surface area contributed by atoms with Crippen molar-refractivity contribution in [2.45, 2.75) is 19.4 Å². The van der Waals surface area contributed by atoms with Crippen molar-refractivity contribution in [2.75, 3.05) is 26.8 Å². The smallest absolute Gasteiger partial charge is 0.311 e. The van der Waals surface area contributed by atoms with E-state index in [2.05, 4.69) is 4.90 Å². The number of carboxylic acids is 1. The summed E-state index contributed by atoms with van der Waals surface area (Å²) >= 11 is 5.86. The van der Waals surface area contributed by atoms with Gasteiger partial charge in [0.05, 0.1) is 5.41 Å². The van der Waals surface area contributed by atoms with Gasteiger partial charge in [-0.1, -0.05) is 23.7 Å². The van der Waals surface area contributed by atoms with Gasteiger partial charge < -0.3 is 14.7 Å². The number of ether oxygens (including phenoxy) is 1. The van der Waals surface area contributed by atoms with Crippen LogP contribution in [0.4, 0.5) is 0 Å². The standard InChI is InChI=1S/C15H20ClNO3/c1-17(10-12-2-4-13(16)5-3-12)11-15(14(18)19)6-8-20-9-7-15/h2-5H,6-11H2,1H3,(H,18,19). The topological polar surface area (TPSA) is 49.8 Å². The molecule has 0 unspecified atom stereocenters. The van der Waals surface area contributed by atoms with Crippen LogP contribution in [0.15, 0.2) is 24.3 Å². The Kier molecular flexibility index (Phi) is 5.02. The van der Waals surface area contributed by atoms with Crippen LogP contribution in [0, 0.1) is 5.41 Å². The van der Waals surface area contributed by atoms with Gasteiger partial charge in [0, 0.05) is 31.3 Å². The summed E-state index contributed by atoms with van der Waals surface area (Å²) < 4.78 is 5.29. The molecule has 2 rings (SSSR count). The molecule has 1 aromatic carbocycles. The van der Waals surface area contributed by atoms with Crippen LogP contribution in [0.5, 0.6) is 0 Å². The van der Waals surface area contributed by atoms with Gasteiger partial charge in [0.2, 0.25) is 0 Å². The zero-order chi connectivity index (χ0) is 14.6. The molecule has 0 saturated carbocycles. The molecule has 1 aliphatic rings. The monoisotopic (exact) mass is 297 g/mol. The predicted octanol–water partition coefficient (Wildman–Crippen LogP) is 2.65. The normalized spacial score (nSPS) is 18.1. The van der Waals surface area contributed by atoms with E-state index in [1.54, 1.807) is 0 Å². The number of rotatable bonds is 5. The van der Waals surface area contributed by atoms with E-state index in [1.807, 2.05) is 31.3 Å². The molecule has 20 heavy (non-hydrogen) atoms. The zero-order valence-electron chi connectivity index (χ0n) is 11.6. The molecule has 0 aliphatic carbocycles. The van der Waals surface area contributed by atoms with Crippen molar-refractivity contribution in [3.05, 3.63) is 34.9 Å². The van der Waals surface area contributed by atoms with Crippen molar-refractivity contribution in [3.63, 3.8) is 0 Å². The number of carboxylic acid groups (broad SMARTS) is 1. The van der Waals surface area contributed by atoms with E-state index in [0.29, 0.717) is 44.2 Å². The Balaban J connectivity index is 1.99. The molecule has 0 bridgehead atoms. The first kappa shape index (κ1) is 15.3. The van der Waals surface area contributed by atoms with Crippen LogP contribution in [0.1, 0.15) is 18.4 Å². The molecule has 1 fully saturated rings. The summed E-state index contributed by atoms with van der Waals surface area (Å²) in [6, 6.07) is 7.64. The third-order valence-corrected chi connectivity index (χ3v) is 4.09. The number of benzene rings is 1.